The number of sulfonamides is 1. The zero-order valence-electron chi connectivity index (χ0n) is 11.8. The van der Waals surface area contributed by atoms with E-state index in [1.807, 2.05) is 0 Å². The van der Waals surface area contributed by atoms with Gasteiger partial charge in [0.2, 0.25) is 15.9 Å². The van der Waals surface area contributed by atoms with Crippen LogP contribution in [0.1, 0.15) is 27.7 Å². The van der Waals surface area contributed by atoms with Gasteiger partial charge in [-0.1, -0.05) is 5.16 Å². The maximum atomic E-state index is 11.9. The third-order valence-electron chi connectivity index (χ3n) is 2.47. The Hall–Kier alpha value is -1.35. The van der Waals surface area contributed by atoms with Gasteiger partial charge in [0.1, 0.15) is 5.41 Å². The van der Waals surface area contributed by atoms with Gasteiger partial charge in [-0.3, -0.25) is 4.79 Å². The minimum absolute atomic E-state index is 0.0705. The van der Waals surface area contributed by atoms with Gasteiger partial charge in [-0.05, 0) is 27.7 Å². The summed E-state index contributed by atoms with van der Waals surface area (Å²) in [4.78, 5) is 11.9. The molecule has 0 bridgehead atoms. The number of hydrogen-bond donors (Lipinski definition) is 4. The molecule has 5 N–H and O–H groups in total. The summed E-state index contributed by atoms with van der Waals surface area (Å²) in [6, 6.07) is 0. The summed E-state index contributed by atoms with van der Waals surface area (Å²) >= 11 is 0. The number of rotatable bonds is 6. The van der Waals surface area contributed by atoms with Gasteiger partial charge in [-0.25, -0.2) is 13.1 Å². The first-order valence-electron chi connectivity index (χ1n) is 5.57. The van der Waals surface area contributed by atoms with Crippen LogP contribution in [0.2, 0.25) is 0 Å². The molecule has 0 aliphatic rings. The highest BCUT2D eigenvalue weighted by Gasteiger charge is 2.34. The van der Waals surface area contributed by atoms with Crippen LogP contribution in [-0.4, -0.2) is 43.7 Å². The van der Waals surface area contributed by atoms with Gasteiger partial charge in [0, 0.05) is 12.1 Å². The summed E-state index contributed by atoms with van der Waals surface area (Å²) in [5.41, 5.74) is 3.39. The minimum atomic E-state index is -3.38. The summed E-state index contributed by atoms with van der Waals surface area (Å²) in [5, 5.41) is 14.0. The molecule has 0 aliphatic heterocycles. The SMILES string of the molecule is CC(C)(CNC(=O)C(C)(C)C(N)=NO)NS(C)(=O)=O. The maximum absolute atomic E-state index is 11.9. The molecule has 0 heterocycles. The summed E-state index contributed by atoms with van der Waals surface area (Å²) in [7, 11) is -3.38. The summed E-state index contributed by atoms with van der Waals surface area (Å²) < 4.78 is 24.7. The van der Waals surface area contributed by atoms with Crippen molar-refractivity contribution in [1.29, 1.82) is 0 Å². The standard InChI is InChI=1S/C10H22N4O4S/c1-9(2,14-19(5,17)18)6-12-8(15)10(3,4)7(11)13-16/h14,16H,6H2,1-5H3,(H2,11,13)(H,12,15). The Balaban J connectivity index is 4.70. The molecule has 0 aromatic carbocycles. The highest BCUT2D eigenvalue weighted by Crippen LogP contribution is 2.15. The lowest BCUT2D eigenvalue weighted by Crippen LogP contribution is -2.54. The van der Waals surface area contributed by atoms with Crippen molar-refractivity contribution >= 4 is 21.8 Å². The second-order valence-corrected chi connectivity index (χ2v) is 7.30. The summed E-state index contributed by atoms with van der Waals surface area (Å²) in [6.45, 7) is 6.32. The molecule has 0 aromatic rings. The van der Waals surface area contributed by atoms with Gasteiger partial charge in [-0.2, -0.15) is 0 Å². The molecule has 0 unspecified atom stereocenters. The van der Waals surface area contributed by atoms with E-state index in [0.717, 1.165) is 6.26 Å². The number of carbonyl (C=O) groups is 1. The zero-order valence-corrected chi connectivity index (χ0v) is 12.6. The quantitative estimate of drug-likeness (QED) is 0.220. The molecule has 112 valence electrons. The maximum Gasteiger partial charge on any atom is 0.233 e. The van der Waals surface area contributed by atoms with Crippen molar-refractivity contribution in [1.82, 2.24) is 10.0 Å². The molecule has 0 atom stereocenters. The first-order valence-corrected chi connectivity index (χ1v) is 7.46. The van der Waals surface area contributed by atoms with Crippen LogP contribution in [0.25, 0.3) is 0 Å². The molecule has 0 aliphatic carbocycles. The van der Waals surface area contributed by atoms with Crippen LogP contribution < -0.4 is 15.8 Å². The van der Waals surface area contributed by atoms with Gasteiger partial charge in [0.15, 0.2) is 5.84 Å². The lowest BCUT2D eigenvalue weighted by Gasteiger charge is -2.28. The normalized spacial score (nSPS) is 14.3. The number of amides is 1. The molecule has 19 heavy (non-hydrogen) atoms. The molecule has 8 nitrogen and oxygen atoms in total. The van der Waals surface area contributed by atoms with Crippen molar-refractivity contribution in [2.24, 2.45) is 16.3 Å². The largest absolute Gasteiger partial charge is 0.409 e. The topological polar surface area (TPSA) is 134 Å². The second-order valence-electron chi connectivity index (χ2n) is 5.55. The number of oxime groups is 1. The van der Waals surface area contributed by atoms with E-state index in [9.17, 15) is 13.2 Å². The highest BCUT2D eigenvalue weighted by atomic mass is 32.2. The Kier molecular flexibility index (Phi) is 5.33. The number of nitrogens with one attached hydrogen (secondary N) is 2. The van der Waals surface area contributed by atoms with Gasteiger partial charge >= 0.3 is 0 Å². The fourth-order valence-electron chi connectivity index (χ4n) is 1.30. The molecule has 0 aromatic heterocycles. The van der Waals surface area contributed by atoms with Crippen LogP contribution in [0, 0.1) is 5.41 Å². The number of hydrogen-bond acceptors (Lipinski definition) is 5. The molecular formula is C10H22N4O4S. The first-order chi connectivity index (χ1) is 8.32. The molecule has 1 amide bonds. The van der Waals surface area contributed by atoms with Gasteiger partial charge in [0.05, 0.1) is 6.26 Å². The van der Waals surface area contributed by atoms with Crippen LogP contribution in [-0.2, 0) is 14.8 Å². The Morgan fingerprint density at radius 3 is 2.16 bits per heavy atom. The average molecular weight is 294 g/mol. The van der Waals surface area contributed by atoms with Gasteiger partial charge in [-0.15, -0.1) is 0 Å². The van der Waals surface area contributed by atoms with Crippen molar-refractivity contribution < 1.29 is 18.4 Å². The van der Waals surface area contributed by atoms with E-state index in [4.69, 9.17) is 10.9 Å². The van der Waals surface area contributed by atoms with Crippen LogP contribution in [0.4, 0.5) is 0 Å². The predicted octanol–water partition coefficient (Wildman–Crippen LogP) is -0.797. The molecule has 0 radical (unpaired) electrons. The second kappa shape index (κ2) is 5.74. The Morgan fingerprint density at radius 1 is 1.32 bits per heavy atom. The molecule has 0 rings (SSSR count). The third kappa shape index (κ3) is 5.88. The van der Waals surface area contributed by atoms with E-state index in [0.29, 0.717) is 0 Å². The minimum Gasteiger partial charge on any atom is -0.409 e. The molecule has 0 saturated carbocycles. The number of carbonyl (C=O) groups excluding carboxylic acids is 1. The Bertz CT molecular complexity index is 468. The average Bonchev–Trinajstić information content (AvgIpc) is 2.21. The third-order valence-corrected chi connectivity index (χ3v) is 3.39. The van der Waals surface area contributed by atoms with Gasteiger partial charge < -0.3 is 16.3 Å². The summed E-state index contributed by atoms with van der Waals surface area (Å²) in [6.07, 6.45) is 1.04. The van der Waals surface area contributed by atoms with E-state index in [2.05, 4.69) is 15.2 Å². The van der Waals surface area contributed by atoms with Crippen molar-refractivity contribution in [3.63, 3.8) is 0 Å². The molecule has 0 saturated heterocycles. The number of amidine groups is 1. The number of nitrogens with two attached hydrogens (primary N) is 1. The van der Waals surface area contributed by atoms with Crippen molar-refractivity contribution in [3.05, 3.63) is 0 Å². The van der Waals surface area contributed by atoms with Gasteiger partial charge in [0.25, 0.3) is 0 Å². The van der Waals surface area contributed by atoms with E-state index in [-0.39, 0.29) is 12.4 Å². The van der Waals surface area contributed by atoms with E-state index >= 15 is 0 Å². The van der Waals surface area contributed by atoms with E-state index in [1.54, 1.807) is 13.8 Å². The molecule has 0 fully saturated rings. The lowest BCUT2D eigenvalue weighted by atomic mass is 9.90. The van der Waals surface area contributed by atoms with Crippen molar-refractivity contribution in [3.8, 4) is 0 Å². The van der Waals surface area contributed by atoms with Crippen molar-refractivity contribution in [2.75, 3.05) is 12.8 Å². The van der Waals surface area contributed by atoms with Crippen molar-refractivity contribution in [2.45, 2.75) is 33.2 Å². The molecule has 0 spiro atoms. The van der Waals surface area contributed by atoms with Crippen LogP contribution in [0.3, 0.4) is 0 Å². The van der Waals surface area contributed by atoms with Crippen LogP contribution >= 0.6 is 0 Å². The Labute approximate surface area is 113 Å². The fourth-order valence-corrected chi connectivity index (χ4v) is 2.38. The van der Waals surface area contributed by atoms with Crippen LogP contribution in [0.5, 0.6) is 0 Å². The highest BCUT2D eigenvalue weighted by molar-refractivity contribution is 7.88. The number of nitrogens with zero attached hydrogens (tertiary/aromatic N) is 1. The Morgan fingerprint density at radius 2 is 1.79 bits per heavy atom. The zero-order chi connectivity index (χ0) is 15.5. The van der Waals surface area contributed by atoms with E-state index in [1.165, 1.54) is 13.8 Å². The molecular weight excluding hydrogens is 272 g/mol. The smallest absolute Gasteiger partial charge is 0.233 e. The lowest BCUT2D eigenvalue weighted by molar-refractivity contribution is -0.126. The van der Waals surface area contributed by atoms with Crippen LogP contribution in [0.15, 0.2) is 5.16 Å². The monoisotopic (exact) mass is 294 g/mol. The molecule has 9 heteroatoms. The first kappa shape index (κ1) is 17.6. The van der Waals surface area contributed by atoms with E-state index < -0.39 is 26.9 Å². The predicted molar refractivity (Wildman–Crippen MR) is 72.3 cm³/mol. The fraction of sp³-hybridized carbons (Fsp3) is 0.800. The summed E-state index contributed by atoms with van der Waals surface area (Å²) in [5.74, 6) is -0.690.